The van der Waals surface area contributed by atoms with Crippen LogP contribution < -0.4 is 0 Å². The Morgan fingerprint density at radius 2 is 2.21 bits per heavy atom. The van der Waals surface area contributed by atoms with Crippen LogP contribution in [0.4, 0.5) is 0 Å². The van der Waals surface area contributed by atoms with Gasteiger partial charge in [0.2, 0.25) is 0 Å². The Hall–Kier alpha value is -0.760. The van der Waals surface area contributed by atoms with Gasteiger partial charge in [0.15, 0.2) is 0 Å². The molecule has 1 atom stereocenters. The first kappa shape index (κ1) is 9.78. The molecule has 0 amide bonds. The predicted molar refractivity (Wildman–Crippen MR) is 55.1 cm³/mol. The standard InChI is InChI=1S/C12H18O2/c1-8-6-11(9(2)14-8)12(13)7-10-4-3-5-10/h6,10,12-13H,3-5,7H2,1-2H3. The minimum atomic E-state index is -0.322. The van der Waals surface area contributed by atoms with Gasteiger partial charge in [-0.05, 0) is 32.3 Å². The van der Waals surface area contributed by atoms with Gasteiger partial charge in [-0.1, -0.05) is 19.3 Å². The molecule has 2 nitrogen and oxygen atoms in total. The zero-order valence-electron chi connectivity index (χ0n) is 8.92. The smallest absolute Gasteiger partial charge is 0.106 e. The lowest BCUT2D eigenvalue weighted by atomic mass is 9.80. The van der Waals surface area contributed by atoms with Crippen molar-refractivity contribution in [3.05, 3.63) is 23.2 Å². The molecule has 1 unspecified atom stereocenters. The third-order valence-electron chi connectivity index (χ3n) is 3.22. The summed E-state index contributed by atoms with van der Waals surface area (Å²) in [7, 11) is 0. The van der Waals surface area contributed by atoms with Crippen molar-refractivity contribution in [2.75, 3.05) is 0 Å². The van der Waals surface area contributed by atoms with Gasteiger partial charge in [-0.3, -0.25) is 0 Å². The van der Waals surface area contributed by atoms with Crippen molar-refractivity contribution < 1.29 is 9.52 Å². The van der Waals surface area contributed by atoms with Gasteiger partial charge >= 0.3 is 0 Å². The molecule has 0 aromatic carbocycles. The average Bonchev–Trinajstić information content (AvgIpc) is 2.37. The van der Waals surface area contributed by atoms with E-state index in [4.69, 9.17) is 4.42 Å². The van der Waals surface area contributed by atoms with E-state index in [1.165, 1.54) is 19.3 Å². The second kappa shape index (κ2) is 3.77. The van der Waals surface area contributed by atoms with Crippen LogP contribution in [0.1, 0.15) is 48.9 Å². The van der Waals surface area contributed by atoms with Crippen molar-refractivity contribution in [3.8, 4) is 0 Å². The highest BCUT2D eigenvalue weighted by Gasteiger charge is 2.23. The fraction of sp³-hybridized carbons (Fsp3) is 0.667. The molecule has 78 valence electrons. The Bertz CT molecular complexity index is 310. The fourth-order valence-electron chi connectivity index (χ4n) is 2.15. The molecule has 0 radical (unpaired) electrons. The molecule has 1 heterocycles. The summed E-state index contributed by atoms with van der Waals surface area (Å²) in [6.07, 6.45) is 4.48. The molecule has 1 aromatic rings. The largest absolute Gasteiger partial charge is 0.466 e. The Kier molecular flexibility index (Phi) is 2.64. The fourth-order valence-corrected chi connectivity index (χ4v) is 2.15. The number of hydrogen-bond acceptors (Lipinski definition) is 2. The van der Waals surface area contributed by atoms with Crippen LogP contribution in [0.2, 0.25) is 0 Å². The van der Waals surface area contributed by atoms with E-state index >= 15 is 0 Å². The Labute approximate surface area is 84.9 Å². The lowest BCUT2D eigenvalue weighted by molar-refractivity contribution is 0.117. The van der Waals surface area contributed by atoms with Gasteiger partial charge in [0.1, 0.15) is 11.5 Å². The molecule has 0 saturated heterocycles. The van der Waals surface area contributed by atoms with E-state index in [0.717, 1.165) is 29.4 Å². The summed E-state index contributed by atoms with van der Waals surface area (Å²) in [5, 5.41) is 9.99. The Morgan fingerprint density at radius 3 is 2.64 bits per heavy atom. The highest BCUT2D eigenvalue weighted by Crippen LogP contribution is 2.35. The number of aliphatic hydroxyl groups is 1. The highest BCUT2D eigenvalue weighted by atomic mass is 16.3. The van der Waals surface area contributed by atoms with Crippen molar-refractivity contribution in [2.45, 2.75) is 45.6 Å². The summed E-state index contributed by atoms with van der Waals surface area (Å²) >= 11 is 0. The number of rotatable bonds is 3. The Balaban J connectivity index is 2.02. The van der Waals surface area contributed by atoms with Crippen LogP contribution in [-0.2, 0) is 0 Å². The monoisotopic (exact) mass is 194 g/mol. The molecule has 1 N–H and O–H groups in total. The molecule has 1 aliphatic carbocycles. The molecule has 2 heteroatoms. The molecule has 14 heavy (non-hydrogen) atoms. The minimum Gasteiger partial charge on any atom is -0.466 e. The van der Waals surface area contributed by atoms with E-state index < -0.39 is 0 Å². The van der Waals surface area contributed by atoms with Crippen LogP contribution in [-0.4, -0.2) is 5.11 Å². The van der Waals surface area contributed by atoms with Crippen molar-refractivity contribution in [2.24, 2.45) is 5.92 Å². The zero-order valence-corrected chi connectivity index (χ0v) is 8.92. The molecular weight excluding hydrogens is 176 g/mol. The number of aryl methyl sites for hydroxylation is 2. The first-order valence-corrected chi connectivity index (χ1v) is 5.42. The van der Waals surface area contributed by atoms with E-state index in [-0.39, 0.29) is 6.10 Å². The van der Waals surface area contributed by atoms with Crippen molar-refractivity contribution >= 4 is 0 Å². The van der Waals surface area contributed by atoms with Crippen molar-refractivity contribution in [1.82, 2.24) is 0 Å². The van der Waals surface area contributed by atoms with E-state index in [9.17, 15) is 5.11 Å². The molecule has 0 bridgehead atoms. The highest BCUT2D eigenvalue weighted by molar-refractivity contribution is 5.22. The van der Waals surface area contributed by atoms with Gasteiger partial charge in [-0.15, -0.1) is 0 Å². The summed E-state index contributed by atoms with van der Waals surface area (Å²) in [6.45, 7) is 3.85. The minimum absolute atomic E-state index is 0.322. The predicted octanol–water partition coefficient (Wildman–Crippen LogP) is 3.12. The number of furan rings is 1. The first-order chi connectivity index (χ1) is 6.66. The third-order valence-corrected chi connectivity index (χ3v) is 3.22. The van der Waals surface area contributed by atoms with E-state index in [1.54, 1.807) is 0 Å². The number of aliphatic hydroxyl groups excluding tert-OH is 1. The van der Waals surface area contributed by atoms with Gasteiger partial charge in [0.25, 0.3) is 0 Å². The summed E-state index contributed by atoms with van der Waals surface area (Å²) in [4.78, 5) is 0. The van der Waals surface area contributed by atoms with Gasteiger partial charge < -0.3 is 9.52 Å². The zero-order chi connectivity index (χ0) is 10.1. The van der Waals surface area contributed by atoms with Gasteiger partial charge in [-0.25, -0.2) is 0 Å². The van der Waals surface area contributed by atoms with Gasteiger partial charge in [0, 0.05) is 5.56 Å². The van der Waals surface area contributed by atoms with Crippen LogP contribution in [0.5, 0.6) is 0 Å². The van der Waals surface area contributed by atoms with E-state index in [0.29, 0.717) is 0 Å². The molecule has 0 aliphatic heterocycles. The SMILES string of the molecule is Cc1cc(C(O)CC2CCC2)c(C)o1. The summed E-state index contributed by atoms with van der Waals surface area (Å²) in [5.74, 6) is 2.50. The van der Waals surface area contributed by atoms with Crippen LogP contribution in [0.3, 0.4) is 0 Å². The third kappa shape index (κ3) is 1.85. The van der Waals surface area contributed by atoms with Crippen molar-refractivity contribution in [3.63, 3.8) is 0 Å². The van der Waals surface area contributed by atoms with E-state index in [1.807, 2.05) is 19.9 Å². The van der Waals surface area contributed by atoms with Gasteiger partial charge in [0.05, 0.1) is 6.10 Å². The summed E-state index contributed by atoms with van der Waals surface area (Å²) < 4.78 is 5.41. The molecule has 1 fully saturated rings. The maximum Gasteiger partial charge on any atom is 0.106 e. The van der Waals surface area contributed by atoms with Crippen LogP contribution >= 0.6 is 0 Å². The average molecular weight is 194 g/mol. The molecule has 2 rings (SSSR count). The molecule has 1 saturated carbocycles. The van der Waals surface area contributed by atoms with E-state index in [2.05, 4.69) is 0 Å². The topological polar surface area (TPSA) is 33.4 Å². The summed E-state index contributed by atoms with van der Waals surface area (Å²) in [5.41, 5.74) is 0.981. The maximum absolute atomic E-state index is 9.99. The van der Waals surface area contributed by atoms with Crippen LogP contribution in [0.15, 0.2) is 10.5 Å². The number of hydrogen-bond donors (Lipinski definition) is 1. The quantitative estimate of drug-likeness (QED) is 0.802. The van der Waals surface area contributed by atoms with Crippen LogP contribution in [0.25, 0.3) is 0 Å². The lowest BCUT2D eigenvalue weighted by Gasteiger charge is -2.27. The first-order valence-electron chi connectivity index (χ1n) is 5.42. The van der Waals surface area contributed by atoms with Crippen LogP contribution in [0, 0.1) is 19.8 Å². The second-order valence-electron chi connectivity index (χ2n) is 4.42. The molecule has 0 spiro atoms. The Morgan fingerprint density at radius 1 is 1.50 bits per heavy atom. The molecule has 1 aliphatic rings. The maximum atomic E-state index is 9.99. The summed E-state index contributed by atoms with van der Waals surface area (Å²) in [6, 6.07) is 1.96. The van der Waals surface area contributed by atoms with Gasteiger partial charge in [-0.2, -0.15) is 0 Å². The molecular formula is C12H18O2. The normalized spacial score (nSPS) is 19.4. The van der Waals surface area contributed by atoms with Crippen molar-refractivity contribution in [1.29, 1.82) is 0 Å². The lowest BCUT2D eigenvalue weighted by Crippen LogP contribution is -2.14. The second-order valence-corrected chi connectivity index (χ2v) is 4.42. The molecule has 1 aromatic heterocycles.